The fraction of sp³-hybridized carbons (Fsp3) is 0.333. The molecule has 8 heteroatoms. The molecule has 2 aromatic rings. The first-order valence-electron chi connectivity index (χ1n) is 8.27. The molecule has 138 valence electrons. The van der Waals surface area contributed by atoms with Gasteiger partial charge in [0, 0.05) is 44.9 Å². The zero-order valence-corrected chi connectivity index (χ0v) is 15.5. The highest BCUT2D eigenvalue weighted by Gasteiger charge is 2.29. The summed E-state index contributed by atoms with van der Waals surface area (Å²) >= 11 is 0. The van der Waals surface area contributed by atoms with E-state index in [4.69, 9.17) is 4.74 Å². The number of pyridine rings is 1. The minimum Gasteiger partial charge on any atom is -0.472 e. The number of hydrogen-bond acceptors (Lipinski definition) is 5. The third-order valence-corrected chi connectivity index (χ3v) is 6.07. The van der Waals surface area contributed by atoms with Gasteiger partial charge in [0.15, 0.2) is 0 Å². The van der Waals surface area contributed by atoms with Gasteiger partial charge in [-0.25, -0.2) is 17.7 Å². The Morgan fingerprint density at radius 1 is 1.19 bits per heavy atom. The second kappa shape index (κ2) is 7.43. The number of nitrogens with zero attached hydrogens (tertiary/aromatic N) is 3. The number of sulfonamides is 1. The summed E-state index contributed by atoms with van der Waals surface area (Å²) in [6.45, 7) is 1.07. The Labute approximate surface area is 153 Å². The first-order valence-corrected chi connectivity index (χ1v) is 9.71. The normalized spacial score (nSPS) is 17.5. The predicted molar refractivity (Wildman–Crippen MR) is 96.5 cm³/mol. The summed E-state index contributed by atoms with van der Waals surface area (Å²) in [5, 5.41) is 0. The minimum atomic E-state index is -3.50. The van der Waals surface area contributed by atoms with Crippen LogP contribution in [0.4, 0.5) is 0 Å². The molecule has 26 heavy (non-hydrogen) atoms. The first kappa shape index (κ1) is 18.3. The van der Waals surface area contributed by atoms with Gasteiger partial charge in [-0.3, -0.25) is 4.79 Å². The molecule has 7 nitrogen and oxygen atoms in total. The third kappa shape index (κ3) is 3.86. The molecule has 1 aromatic carbocycles. The van der Waals surface area contributed by atoms with Gasteiger partial charge in [-0.2, -0.15) is 0 Å². The molecule has 0 N–H and O–H groups in total. The van der Waals surface area contributed by atoms with Crippen molar-refractivity contribution in [1.29, 1.82) is 0 Å². The van der Waals surface area contributed by atoms with E-state index in [0.29, 0.717) is 24.5 Å². The molecular formula is C18H21N3O4S. The molecule has 1 unspecified atom stereocenters. The Bertz CT molecular complexity index is 867. The molecule has 1 amide bonds. The van der Waals surface area contributed by atoms with Gasteiger partial charge in [0.2, 0.25) is 15.9 Å². The van der Waals surface area contributed by atoms with Crippen LogP contribution in [0.5, 0.6) is 5.88 Å². The van der Waals surface area contributed by atoms with E-state index in [1.807, 2.05) is 12.1 Å². The highest BCUT2D eigenvalue weighted by atomic mass is 32.2. The van der Waals surface area contributed by atoms with Crippen LogP contribution in [-0.4, -0.2) is 61.8 Å². The van der Waals surface area contributed by atoms with E-state index in [1.165, 1.54) is 26.2 Å². The molecule has 1 aliphatic heterocycles. The van der Waals surface area contributed by atoms with Crippen molar-refractivity contribution in [3.8, 4) is 5.88 Å². The highest BCUT2D eigenvalue weighted by molar-refractivity contribution is 7.89. The maximum Gasteiger partial charge on any atom is 0.253 e. The summed E-state index contributed by atoms with van der Waals surface area (Å²) in [4.78, 5) is 18.6. The number of likely N-dealkylation sites (tertiary alicyclic amines) is 1. The molecular weight excluding hydrogens is 354 g/mol. The summed E-state index contributed by atoms with van der Waals surface area (Å²) in [7, 11) is -0.555. The van der Waals surface area contributed by atoms with Crippen LogP contribution in [0.15, 0.2) is 53.6 Å². The lowest BCUT2D eigenvalue weighted by Crippen LogP contribution is -2.31. The Balaban J connectivity index is 1.65. The fourth-order valence-electron chi connectivity index (χ4n) is 2.76. The zero-order chi connectivity index (χ0) is 18.7. The summed E-state index contributed by atoms with van der Waals surface area (Å²) in [6.07, 6.45) is 2.30. The maximum absolute atomic E-state index is 12.6. The summed E-state index contributed by atoms with van der Waals surface area (Å²) in [6, 6.07) is 11.5. The number of ether oxygens (including phenoxy) is 1. The van der Waals surface area contributed by atoms with E-state index in [0.717, 1.165) is 10.7 Å². The molecule has 1 aromatic heterocycles. The van der Waals surface area contributed by atoms with Crippen LogP contribution in [0.25, 0.3) is 0 Å². The number of amides is 1. The Kier molecular flexibility index (Phi) is 5.24. The Hall–Kier alpha value is -2.45. The van der Waals surface area contributed by atoms with E-state index >= 15 is 0 Å². The number of hydrogen-bond donors (Lipinski definition) is 0. The van der Waals surface area contributed by atoms with Crippen molar-refractivity contribution in [2.45, 2.75) is 17.4 Å². The highest BCUT2D eigenvalue weighted by Crippen LogP contribution is 2.20. The van der Waals surface area contributed by atoms with E-state index in [1.54, 1.807) is 29.3 Å². The number of carbonyl (C=O) groups is 1. The van der Waals surface area contributed by atoms with E-state index in [2.05, 4.69) is 4.98 Å². The fourth-order valence-corrected chi connectivity index (χ4v) is 3.66. The van der Waals surface area contributed by atoms with E-state index in [9.17, 15) is 13.2 Å². The molecule has 1 saturated heterocycles. The van der Waals surface area contributed by atoms with Gasteiger partial charge in [-0.05, 0) is 30.3 Å². The second-order valence-corrected chi connectivity index (χ2v) is 8.41. The minimum absolute atomic E-state index is 0.0951. The van der Waals surface area contributed by atoms with Gasteiger partial charge in [-0.15, -0.1) is 0 Å². The molecule has 0 saturated carbocycles. The topological polar surface area (TPSA) is 79.8 Å². The molecule has 1 aliphatic rings. The van der Waals surface area contributed by atoms with Crippen molar-refractivity contribution < 1.29 is 17.9 Å². The average Bonchev–Trinajstić information content (AvgIpc) is 3.10. The molecule has 3 rings (SSSR count). The average molecular weight is 375 g/mol. The van der Waals surface area contributed by atoms with Crippen LogP contribution in [-0.2, 0) is 10.0 Å². The SMILES string of the molecule is CN(C)S(=O)(=O)c1ccc(C(=O)N2CCC(Oc3ccccn3)C2)cc1. The van der Waals surface area contributed by atoms with Gasteiger partial charge in [0.1, 0.15) is 6.10 Å². The molecule has 0 radical (unpaired) electrons. The van der Waals surface area contributed by atoms with Gasteiger partial charge >= 0.3 is 0 Å². The third-order valence-electron chi connectivity index (χ3n) is 4.24. The van der Waals surface area contributed by atoms with Crippen molar-refractivity contribution in [2.75, 3.05) is 27.2 Å². The second-order valence-electron chi connectivity index (χ2n) is 6.26. The standard InChI is InChI=1S/C18H21N3O4S/c1-20(2)26(23,24)16-8-6-14(7-9-16)18(22)21-12-10-15(13-21)25-17-5-3-4-11-19-17/h3-9,11,15H,10,12-13H2,1-2H3. The van der Waals surface area contributed by atoms with Crippen molar-refractivity contribution in [3.05, 3.63) is 54.2 Å². The number of benzene rings is 1. The molecule has 1 atom stereocenters. The Morgan fingerprint density at radius 3 is 2.54 bits per heavy atom. The maximum atomic E-state index is 12.6. The quantitative estimate of drug-likeness (QED) is 0.793. The summed E-state index contributed by atoms with van der Waals surface area (Å²) in [5.74, 6) is 0.413. The van der Waals surface area contributed by atoms with Gasteiger partial charge in [0.05, 0.1) is 11.4 Å². The Morgan fingerprint density at radius 2 is 1.92 bits per heavy atom. The number of aromatic nitrogens is 1. The van der Waals surface area contributed by atoms with Gasteiger partial charge < -0.3 is 9.64 Å². The van der Waals surface area contributed by atoms with Gasteiger partial charge in [0.25, 0.3) is 5.91 Å². The van der Waals surface area contributed by atoms with Crippen molar-refractivity contribution in [2.24, 2.45) is 0 Å². The number of rotatable bonds is 5. The zero-order valence-electron chi connectivity index (χ0n) is 14.7. The molecule has 0 aliphatic carbocycles. The van der Waals surface area contributed by atoms with Crippen LogP contribution in [0.3, 0.4) is 0 Å². The molecule has 0 bridgehead atoms. The molecule has 1 fully saturated rings. The lowest BCUT2D eigenvalue weighted by Gasteiger charge is -2.17. The van der Waals surface area contributed by atoms with E-state index in [-0.39, 0.29) is 16.9 Å². The van der Waals surface area contributed by atoms with Gasteiger partial charge in [-0.1, -0.05) is 6.07 Å². The summed E-state index contributed by atoms with van der Waals surface area (Å²) in [5.41, 5.74) is 0.459. The smallest absolute Gasteiger partial charge is 0.253 e. The van der Waals surface area contributed by atoms with Crippen LogP contribution in [0.2, 0.25) is 0 Å². The van der Waals surface area contributed by atoms with Crippen molar-refractivity contribution >= 4 is 15.9 Å². The largest absolute Gasteiger partial charge is 0.472 e. The van der Waals surface area contributed by atoms with Crippen molar-refractivity contribution in [1.82, 2.24) is 14.2 Å². The lowest BCUT2D eigenvalue weighted by molar-refractivity contribution is 0.0771. The lowest BCUT2D eigenvalue weighted by atomic mass is 10.2. The summed E-state index contributed by atoms with van der Waals surface area (Å²) < 4.78 is 31.1. The number of carbonyl (C=O) groups excluding carboxylic acids is 1. The first-order chi connectivity index (χ1) is 12.4. The van der Waals surface area contributed by atoms with Crippen LogP contribution < -0.4 is 4.74 Å². The van der Waals surface area contributed by atoms with Crippen LogP contribution in [0, 0.1) is 0 Å². The monoisotopic (exact) mass is 375 g/mol. The van der Waals surface area contributed by atoms with Crippen molar-refractivity contribution in [3.63, 3.8) is 0 Å². The van der Waals surface area contributed by atoms with Crippen LogP contribution >= 0.6 is 0 Å². The predicted octanol–water partition coefficient (Wildman–Crippen LogP) is 1.63. The molecule has 2 heterocycles. The van der Waals surface area contributed by atoms with E-state index < -0.39 is 10.0 Å². The molecule has 0 spiro atoms. The van der Waals surface area contributed by atoms with Crippen LogP contribution in [0.1, 0.15) is 16.8 Å².